The van der Waals surface area contributed by atoms with Gasteiger partial charge in [-0.2, -0.15) is 0 Å². The van der Waals surface area contributed by atoms with Crippen LogP contribution in [-0.4, -0.2) is 46.0 Å². The van der Waals surface area contributed by atoms with Crippen molar-refractivity contribution in [3.05, 3.63) is 47.1 Å². The van der Waals surface area contributed by atoms with E-state index in [-0.39, 0.29) is 33.4 Å². The van der Waals surface area contributed by atoms with Crippen molar-refractivity contribution in [2.24, 2.45) is 17.3 Å². The van der Waals surface area contributed by atoms with E-state index in [0.717, 1.165) is 30.4 Å². The summed E-state index contributed by atoms with van der Waals surface area (Å²) in [6, 6.07) is 0. The maximum atomic E-state index is 13.1. The Kier molecular flexibility index (Phi) is 11.9. The lowest BCUT2D eigenvalue weighted by molar-refractivity contribution is -0.318. The fourth-order valence-corrected chi connectivity index (χ4v) is 9.83. The van der Waals surface area contributed by atoms with Crippen molar-refractivity contribution in [1.29, 1.82) is 0 Å². The predicted octanol–water partition coefficient (Wildman–Crippen LogP) is 11.3. The van der Waals surface area contributed by atoms with Crippen LogP contribution in [0.25, 0.3) is 0 Å². The highest BCUT2D eigenvalue weighted by Gasteiger charge is 2.53. The molecule has 3 aliphatic carbocycles. The Balaban J connectivity index is 2.18. The van der Waals surface area contributed by atoms with Gasteiger partial charge in [0.25, 0.3) is 0 Å². The zero-order valence-corrected chi connectivity index (χ0v) is 34.4. The standard InChI is InChI=1S/C39H69NO4Si2/c1-17-33-22-23-34-31(19-18-24-38(33,34)12)20-21-32-25-39(44-46(15,16)37(9,10)11,43-40(30(5)41)27-28(2)3)26-35(29(32)4)42-45(13,14)36(6,7)8/h20-22,28,34-35H,4,17-19,23-27H2,1-3,5-16H3/t34?,35-,38+,39?/m0/s1. The van der Waals surface area contributed by atoms with Crippen molar-refractivity contribution in [2.75, 3.05) is 6.54 Å². The van der Waals surface area contributed by atoms with Crippen molar-refractivity contribution >= 4 is 22.5 Å². The van der Waals surface area contributed by atoms with Crippen LogP contribution in [0.3, 0.4) is 0 Å². The molecular formula is C39H69NO4Si2. The number of hydrogen-bond acceptors (Lipinski definition) is 4. The highest BCUT2D eigenvalue weighted by molar-refractivity contribution is 6.74. The topological polar surface area (TPSA) is 48.0 Å². The summed E-state index contributed by atoms with van der Waals surface area (Å²) < 4.78 is 14.5. The summed E-state index contributed by atoms with van der Waals surface area (Å²) in [5.74, 6) is -0.339. The molecule has 3 rings (SSSR count). The number of amides is 1. The molecule has 5 nitrogen and oxygen atoms in total. The Labute approximate surface area is 285 Å². The molecule has 4 atom stereocenters. The summed E-state index contributed by atoms with van der Waals surface area (Å²) in [4.78, 5) is 20.0. The number of hydroxylamine groups is 2. The van der Waals surface area contributed by atoms with Crippen LogP contribution in [0, 0.1) is 17.3 Å². The minimum absolute atomic E-state index is 0.0302. The van der Waals surface area contributed by atoms with Crippen molar-refractivity contribution in [1.82, 2.24) is 5.06 Å². The molecular weight excluding hydrogens is 603 g/mol. The van der Waals surface area contributed by atoms with Crippen molar-refractivity contribution in [3.8, 4) is 0 Å². The fraction of sp³-hybridized carbons (Fsp3) is 0.769. The number of carbonyl (C=O) groups is 1. The Morgan fingerprint density at radius 2 is 1.70 bits per heavy atom. The molecule has 2 saturated carbocycles. The van der Waals surface area contributed by atoms with Crippen molar-refractivity contribution in [2.45, 2.75) is 169 Å². The van der Waals surface area contributed by atoms with Crippen LogP contribution in [0.15, 0.2) is 47.1 Å². The van der Waals surface area contributed by atoms with Gasteiger partial charge in [-0.25, -0.2) is 9.90 Å². The Morgan fingerprint density at radius 1 is 1.09 bits per heavy atom. The average Bonchev–Trinajstić information content (AvgIpc) is 3.24. The number of carbonyl (C=O) groups excluding carboxylic acids is 1. The molecule has 0 aromatic rings. The minimum atomic E-state index is -2.36. The molecule has 262 valence electrons. The van der Waals surface area contributed by atoms with Crippen LogP contribution < -0.4 is 0 Å². The van der Waals surface area contributed by atoms with E-state index in [1.807, 2.05) is 0 Å². The molecule has 0 aliphatic heterocycles. The molecule has 0 radical (unpaired) electrons. The quantitative estimate of drug-likeness (QED) is 0.100. The van der Waals surface area contributed by atoms with Gasteiger partial charge in [0.1, 0.15) is 0 Å². The van der Waals surface area contributed by atoms with Gasteiger partial charge in [0.05, 0.1) is 12.6 Å². The third kappa shape index (κ3) is 8.48. The van der Waals surface area contributed by atoms with E-state index in [4.69, 9.17) is 20.3 Å². The molecule has 46 heavy (non-hydrogen) atoms. The first kappa shape index (κ1) is 39.2. The van der Waals surface area contributed by atoms with Gasteiger partial charge in [0.15, 0.2) is 22.4 Å². The van der Waals surface area contributed by atoms with Crippen LogP contribution in [0.5, 0.6) is 0 Å². The molecule has 0 heterocycles. The molecule has 0 spiro atoms. The van der Waals surface area contributed by atoms with E-state index >= 15 is 0 Å². The Hall–Kier alpha value is -1.26. The molecule has 7 heteroatoms. The maximum absolute atomic E-state index is 13.1. The van der Waals surface area contributed by atoms with Crippen LogP contribution in [0.2, 0.25) is 36.3 Å². The van der Waals surface area contributed by atoms with E-state index < -0.39 is 22.4 Å². The summed E-state index contributed by atoms with van der Waals surface area (Å²) in [7, 11) is -4.56. The Bertz CT molecular complexity index is 1230. The molecule has 3 aliphatic rings. The van der Waals surface area contributed by atoms with Crippen LogP contribution in [0.1, 0.15) is 121 Å². The summed E-state index contributed by atoms with van der Waals surface area (Å²) in [6.45, 7) is 38.6. The van der Waals surface area contributed by atoms with Crippen LogP contribution in [-0.2, 0) is 18.5 Å². The van der Waals surface area contributed by atoms with Gasteiger partial charge in [-0.1, -0.05) is 105 Å². The number of rotatable bonds is 10. The van der Waals surface area contributed by atoms with Gasteiger partial charge in [-0.15, -0.1) is 0 Å². The molecule has 2 fully saturated rings. The van der Waals surface area contributed by atoms with E-state index in [9.17, 15) is 4.79 Å². The third-order valence-electron chi connectivity index (χ3n) is 12.0. The summed E-state index contributed by atoms with van der Waals surface area (Å²) in [5, 5.41) is 1.54. The number of allylic oxidation sites excluding steroid dienone is 5. The lowest BCUT2D eigenvalue weighted by Gasteiger charge is -2.51. The van der Waals surface area contributed by atoms with Crippen LogP contribution in [0.4, 0.5) is 0 Å². The highest BCUT2D eigenvalue weighted by atomic mass is 28.4. The summed E-state index contributed by atoms with van der Waals surface area (Å²) in [6.07, 6.45) is 13.9. The second-order valence-electron chi connectivity index (χ2n) is 18.2. The first-order valence-corrected chi connectivity index (χ1v) is 23.8. The van der Waals surface area contributed by atoms with E-state index in [1.165, 1.54) is 12.8 Å². The normalized spacial score (nSPS) is 29.8. The van der Waals surface area contributed by atoms with E-state index in [0.29, 0.717) is 25.3 Å². The van der Waals surface area contributed by atoms with E-state index in [1.54, 1.807) is 23.1 Å². The fourth-order valence-electron chi connectivity index (χ4n) is 7.11. The first-order chi connectivity index (χ1) is 20.9. The smallest absolute Gasteiger partial charge is 0.243 e. The highest BCUT2D eigenvalue weighted by Crippen LogP contribution is 2.56. The second kappa shape index (κ2) is 13.9. The zero-order valence-electron chi connectivity index (χ0n) is 32.4. The SMILES string of the molecule is C=C1C(=CC=C2CCC[C@]3(C)C(CC)=CCC23)CC(ON(CC(C)C)C(C)=O)(O[Si](C)(C)C(C)(C)C)C[C@@H]1O[Si](C)(C)C(C)(C)C. The number of nitrogens with zero attached hydrogens (tertiary/aromatic N) is 1. The molecule has 1 amide bonds. The zero-order chi connectivity index (χ0) is 35.1. The van der Waals surface area contributed by atoms with Gasteiger partial charge >= 0.3 is 0 Å². The molecule has 0 aromatic carbocycles. The predicted molar refractivity (Wildman–Crippen MR) is 199 cm³/mol. The first-order valence-electron chi connectivity index (χ1n) is 18.0. The summed E-state index contributed by atoms with van der Waals surface area (Å²) in [5.41, 5.74) is 5.58. The maximum Gasteiger partial charge on any atom is 0.243 e. The largest absolute Gasteiger partial charge is 0.410 e. The minimum Gasteiger partial charge on any atom is -0.410 e. The molecule has 0 N–H and O–H groups in total. The number of fused-ring (bicyclic) bond motifs is 1. The molecule has 0 bridgehead atoms. The summed E-state index contributed by atoms with van der Waals surface area (Å²) >= 11 is 0. The van der Waals surface area contributed by atoms with Gasteiger partial charge in [-0.3, -0.25) is 4.79 Å². The van der Waals surface area contributed by atoms with Gasteiger partial charge in [-0.05, 0) is 96.8 Å². The monoisotopic (exact) mass is 671 g/mol. The lowest BCUT2D eigenvalue weighted by atomic mass is 9.64. The molecule has 0 saturated heterocycles. The Morgan fingerprint density at radius 3 is 2.22 bits per heavy atom. The van der Waals surface area contributed by atoms with Crippen molar-refractivity contribution < 1.29 is 18.5 Å². The van der Waals surface area contributed by atoms with Gasteiger partial charge < -0.3 is 8.85 Å². The lowest BCUT2D eigenvalue weighted by Crippen LogP contribution is -2.58. The second-order valence-corrected chi connectivity index (χ2v) is 27.7. The van der Waals surface area contributed by atoms with Crippen molar-refractivity contribution in [3.63, 3.8) is 0 Å². The van der Waals surface area contributed by atoms with Gasteiger partial charge in [0.2, 0.25) is 5.91 Å². The average molecular weight is 672 g/mol. The van der Waals surface area contributed by atoms with E-state index in [2.05, 4.69) is 114 Å². The van der Waals surface area contributed by atoms with Gasteiger partial charge in [0, 0.05) is 19.8 Å². The third-order valence-corrected chi connectivity index (χ3v) is 21.0. The van der Waals surface area contributed by atoms with Crippen LogP contribution >= 0.6 is 0 Å². The molecule has 2 unspecified atom stereocenters. The number of hydrogen-bond donors (Lipinski definition) is 0. The molecule has 0 aromatic heterocycles.